The highest BCUT2D eigenvalue weighted by molar-refractivity contribution is 7.22. The van der Waals surface area contributed by atoms with Crippen molar-refractivity contribution in [1.82, 2.24) is 9.97 Å². The minimum Gasteiger partial charge on any atom is -0.494 e. The van der Waals surface area contributed by atoms with E-state index in [-0.39, 0.29) is 31.8 Å². The number of fused-ring (bicyclic) bond motifs is 2. The lowest BCUT2D eigenvalue weighted by Crippen LogP contribution is -2.18. The average molecular weight is 1380 g/mol. The van der Waals surface area contributed by atoms with Crippen molar-refractivity contribution < 1.29 is 67.8 Å². The predicted octanol–water partition coefficient (Wildman–Crippen LogP) is 17.9. The molecule has 8 aromatic rings. The molecule has 2 aromatic heterocycles. The third-order valence-electron chi connectivity index (χ3n) is 15.5. The van der Waals surface area contributed by atoms with E-state index in [1.807, 2.05) is 107 Å². The van der Waals surface area contributed by atoms with Gasteiger partial charge in [-0.2, -0.15) is 20.0 Å². The standard InChI is InChI=1S/C76H90N6O14S2/c1-5-9-11-21-45-81(75-79-66-28-17-19-30-69(66)97-75)77-54-59-52-64(41-43-65(59)74(94-86)58-35-39-62(40-36-58)88-48-24-14-16-26-50-90-72(84)8-4)95-91-51-27-32-73(85)93-63-42-44-68(96-92-56-57-33-37-61(38-34-57)87-47-23-13-15-25-49-89-71(83)7-3)60(53-63)55-78-82(46-22-12-10-6-2)76-80-67-29-18-20-31-70(67)98-76/h7-8,17-20,28-31,33-44,52-55,74,86H,3-6,9-16,21-27,32,45-51,56H2,1-2H3/b77-54+,78-55+. The van der Waals surface area contributed by atoms with Gasteiger partial charge in [-0.15, -0.1) is 0 Å². The SMILES string of the molecule is C=CC(=O)OCCCCCCOc1ccc(COOc2ccc(OC(=O)CCCOOc3ccc(C(OO)c4ccc(OCCCCCCOC(=O)C=C)cc4)c(/C=N/N(CCCCCC)c4nc5ccccc5s4)c3)cc2/C=N/N(CCCCCC)c2nc3ccccc3s2)cc1. The summed E-state index contributed by atoms with van der Waals surface area (Å²) < 4.78 is 30.1. The van der Waals surface area contributed by atoms with E-state index < -0.39 is 24.0 Å². The number of rotatable bonds is 48. The van der Waals surface area contributed by atoms with Gasteiger partial charge in [0.1, 0.15) is 30.0 Å². The van der Waals surface area contributed by atoms with Crippen LogP contribution in [0.4, 0.5) is 10.3 Å². The summed E-state index contributed by atoms with van der Waals surface area (Å²) in [7, 11) is 0. The molecular formula is C76H90N6O14S2. The highest BCUT2D eigenvalue weighted by Gasteiger charge is 2.22. The van der Waals surface area contributed by atoms with Gasteiger partial charge in [-0.05, 0) is 166 Å². The van der Waals surface area contributed by atoms with Gasteiger partial charge < -0.3 is 33.5 Å². The van der Waals surface area contributed by atoms with Crippen molar-refractivity contribution in [2.24, 2.45) is 10.2 Å². The van der Waals surface area contributed by atoms with E-state index in [0.717, 1.165) is 151 Å². The fourth-order valence-electron chi connectivity index (χ4n) is 10.1. The van der Waals surface area contributed by atoms with Crippen molar-refractivity contribution in [3.8, 4) is 28.7 Å². The van der Waals surface area contributed by atoms with Crippen molar-refractivity contribution in [3.05, 3.63) is 187 Å². The molecule has 0 aliphatic rings. The molecule has 0 amide bonds. The molecule has 0 radical (unpaired) electrons. The second-order valence-electron chi connectivity index (χ2n) is 23.1. The molecule has 1 N–H and O–H groups in total. The molecule has 8 rings (SSSR count). The maximum absolute atomic E-state index is 13.5. The summed E-state index contributed by atoms with van der Waals surface area (Å²) in [5.74, 6) is 1.06. The molecule has 22 heteroatoms. The minimum atomic E-state index is -0.929. The lowest BCUT2D eigenvalue weighted by Gasteiger charge is -2.19. The zero-order valence-electron chi connectivity index (χ0n) is 56.1. The highest BCUT2D eigenvalue weighted by Crippen LogP contribution is 2.35. The van der Waals surface area contributed by atoms with Crippen LogP contribution < -0.4 is 34.0 Å². The first-order chi connectivity index (χ1) is 48.1. The zero-order valence-corrected chi connectivity index (χ0v) is 57.8. The summed E-state index contributed by atoms with van der Waals surface area (Å²) in [5.41, 5.74) is 4.97. The van der Waals surface area contributed by atoms with Crippen LogP contribution in [0.25, 0.3) is 20.4 Å². The Morgan fingerprint density at radius 1 is 0.531 bits per heavy atom. The molecule has 0 aliphatic heterocycles. The third-order valence-corrected chi connectivity index (χ3v) is 17.6. The van der Waals surface area contributed by atoms with Crippen LogP contribution in [-0.2, 0) is 45.1 Å². The maximum Gasteiger partial charge on any atom is 0.330 e. The molecule has 1 unspecified atom stereocenters. The quantitative estimate of drug-likeness (QED) is 0.00712. The maximum atomic E-state index is 13.5. The number of nitrogens with zero attached hydrogens (tertiary/aromatic N) is 6. The third kappa shape index (κ3) is 25.4. The first kappa shape index (κ1) is 74.8. The van der Waals surface area contributed by atoms with Crippen LogP contribution in [0.2, 0.25) is 0 Å². The van der Waals surface area contributed by atoms with Crippen LogP contribution in [0.15, 0.2) is 169 Å². The number of hydrogen-bond donors (Lipinski definition) is 1. The molecule has 20 nitrogen and oxygen atoms in total. The molecule has 1 atom stereocenters. The summed E-state index contributed by atoms with van der Waals surface area (Å²) in [6.07, 6.45) is 20.3. The minimum absolute atomic E-state index is 0.00433. The summed E-state index contributed by atoms with van der Waals surface area (Å²) in [6, 6.07) is 41.2. The zero-order chi connectivity index (χ0) is 68.8. The van der Waals surface area contributed by atoms with E-state index in [2.05, 4.69) is 27.0 Å². The predicted molar refractivity (Wildman–Crippen MR) is 386 cm³/mol. The molecule has 0 saturated heterocycles. The van der Waals surface area contributed by atoms with Gasteiger partial charge in [0.15, 0.2) is 11.5 Å². The average Bonchev–Trinajstić information content (AvgIpc) is 1.42. The summed E-state index contributed by atoms with van der Waals surface area (Å²) in [4.78, 5) is 74.5. The topological polar surface area (TPSA) is 221 Å². The van der Waals surface area contributed by atoms with Crippen molar-refractivity contribution in [2.75, 3.05) is 56.1 Å². The normalized spacial score (nSPS) is 11.7. The molecule has 0 aliphatic carbocycles. The molecule has 6 aromatic carbocycles. The van der Waals surface area contributed by atoms with Crippen LogP contribution in [0.1, 0.15) is 163 Å². The number of carbonyl (C=O) groups excluding carboxylic acids is 3. The Morgan fingerprint density at radius 3 is 1.59 bits per heavy atom. The number of thiazole rings is 2. The van der Waals surface area contributed by atoms with Gasteiger partial charge in [-0.25, -0.2) is 34.5 Å². The van der Waals surface area contributed by atoms with Crippen molar-refractivity contribution in [2.45, 2.75) is 142 Å². The smallest absolute Gasteiger partial charge is 0.330 e. The molecular weight excluding hydrogens is 1280 g/mol. The number of hydrazone groups is 2. The number of aromatic nitrogens is 2. The van der Waals surface area contributed by atoms with Crippen LogP contribution in [0, 0.1) is 0 Å². The van der Waals surface area contributed by atoms with E-state index in [4.69, 9.17) is 68.3 Å². The van der Waals surface area contributed by atoms with E-state index in [9.17, 15) is 19.6 Å². The number of benzene rings is 6. The summed E-state index contributed by atoms with van der Waals surface area (Å²) in [6.45, 7) is 14.5. The number of carbonyl (C=O) groups is 3. The number of unbranched alkanes of at least 4 members (excludes halogenated alkanes) is 12. The molecule has 520 valence electrons. The molecule has 0 bridgehead atoms. The number of esters is 3. The van der Waals surface area contributed by atoms with E-state index >= 15 is 0 Å². The first-order valence-electron chi connectivity index (χ1n) is 33.9. The van der Waals surface area contributed by atoms with Gasteiger partial charge in [0.25, 0.3) is 0 Å². The lowest BCUT2D eigenvalue weighted by molar-refractivity contribution is -0.270. The number of hydrogen-bond acceptors (Lipinski definition) is 22. The Hall–Kier alpha value is -9.03. The Morgan fingerprint density at radius 2 is 1.04 bits per heavy atom. The van der Waals surface area contributed by atoms with Gasteiger partial charge in [0.05, 0.1) is 65.9 Å². The molecule has 98 heavy (non-hydrogen) atoms. The van der Waals surface area contributed by atoms with Crippen LogP contribution >= 0.6 is 22.7 Å². The van der Waals surface area contributed by atoms with Crippen LogP contribution in [-0.4, -0.2) is 91.7 Å². The summed E-state index contributed by atoms with van der Waals surface area (Å²) in [5, 5.41) is 25.9. The van der Waals surface area contributed by atoms with E-state index in [0.29, 0.717) is 79.0 Å². The Balaban J connectivity index is 0.910. The van der Waals surface area contributed by atoms with Gasteiger partial charge in [0.2, 0.25) is 10.3 Å². The van der Waals surface area contributed by atoms with Crippen molar-refractivity contribution in [3.63, 3.8) is 0 Å². The number of para-hydroxylation sites is 2. The second-order valence-corrected chi connectivity index (χ2v) is 25.1. The number of anilines is 2. The van der Waals surface area contributed by atoms with E-state index in [1.54, 1.807) is 71.5 Å². The largest absolute Gasteiger partial charge is 0.494 e. The molecule has 0 fully saturated rings. The second kappa shape index (κ2) is 42.6. The lowest BCUT2D eigenvalue weighted by atomic mass is 9.97. The van der Waals surface area contributed by atoms with Gasteiger partial charge >= 0.3 is 17.9 Å². The summed E-state index contributed by atoms with van der Waals surface area (Å²) >= 11 is 3.13. The highest BCUT2D eigenvalue weighted by atomic mass is 32.1. The van der Waals surface area contributed by atoms with Crippen molar-refractivity contribution >= 4 is 83.7 Å². The Kier molecular flexibility index (Phi) is 32.5. The molecule has 0 saturated carbocycles. The monoisotopic (exact) mass is 1370 g/mol. The van der Waals surface area contributed by atoms with Gasteiger partial charge in [0, 0.05) is 42.8 Å². The van der Waals surface area contributed by atoms with Crippen LogP contribution in [0.3, 0.4) is 0 Å². The fraction of sp³-hybridized carbons (Fsp3) is 0.382. The first-order valence-corrected chi connectivity index (χ1v) is 35.5. The Bertz CT molecular complexity index is 3720. The van der Waals surface area contributed by atoms with Crippen molar-refractivity contribution in [1.29, 1.82) is 0 Å². The Labute approximate surface area is 582 Å². The van der Waals surface area contributed by atoms with Gasteiger partial charge in [-0.3, -0.25) is 10.1 Å². The van der Waals surface area contributed by atoms with Crippen LogP contribution in [0.5, 0.6) is 28.7 Å². The fourth-order valence-corrected chi connectivity index (χ4v) is 12.0. The molecule has 2 heterocycles. The van der Waals surface area contributed by atoms with Gasteiger partial charge in [-0.1, -0.05) is 143 Å². The van der Waals surface area contributed by atoms with E-state index in [1.165, 1.54) is 6.08 Å². The number of ether oxygens (including phenoxy) is 5. The molecule has 0 spiro atoms.